The predicted octanol–water partition coefficient (Wildman–Crippen LogP) is 4.09. The minimum atomic E-state index is -4.60. The Kier molecular flexibility index (Phi) is 6.88. The lowest BCUT2D eigenvalue weighted by molar-refractivity contribution is -0.137. The van der Waals surface area contributed by atoms with E-state index in [1.165, 1.54) is 12.3 Å². The molecule has 2 aromatic carbocycles. The van der Waals surface area contributed by atoms with Gasteiger partial charge in [0, 0.05) is 35.9 Å². The van der Waals surface area contributed by atoms with Gasteiger partial charge >= 0.3 is 6.18 Å². The number of likely N-dealkylation sites (tertiary alicyclic amines) is 1. The first-order chi connectivity index (χ1) is 16.5. The van der Waals surface area contributed by atoms with Gasteiger partial charge < -0.3 is 14.8 Å². The topological polar surface area (TPSA) is 88.5 Å². The molecule has 0 unspecified atom stereocenters. The molecule has 0 atom stereocenters. The Morgan fingerprint density at radius 1 is 0.971 bits per heavy atom. The quantitative estimate of drug-likeness (QED) is 0.545. The van der Waals surface area contributed by atoms with Crippen molar-refractivity contribution in [3.63, 3.8) is 0 Å². The van der Waals surface area contributed by atoms with E-state index in [2.05, 4.69) is 5.32 Å². The zero-order valence-electron chi connectivity index (χ0n) is 18.7. The van der Waals surface area contributed by atoms with Crippen LogP contribution in [-0.2, 0) is 32.1 Å². The summed E-state index contributed by atoms with van der Waals surface area (Å²) in [6, 6.07) is 10.6. The zero-order chi connectivity index (χ0) is 25.2. The second kappa shape index (κ2) is 9.73. The van der Waals surface area contributed by atoms with Crippen LogP contribution in [0.2, 0.25) is 0 Å². The minimum Gasteiger partial charge on any atom is -0.341 e. The van der Waals surface area contributed by atoms with Gasteiger partial charge in [0.1, 0.15) is 12.3 Å². The fourth-order valence-electron chi connectivity index (χ4n) is 4.20. The molecular formula is C24H24F3N3O4S. The summed E-state index contributed by atoms with van der Waals surface area (Å²) in [5.41, 5.74) is -0.580. The predicted molar refractivity (Wildman–Crippen MR) is 124 cm³/mol. The van der Waals surface area contributed by atoms with Crippen molar-refractivity contribution in [2.75, 3.05) is 24.2 Å². The molecule has 1 fully saturated rings. The molecule has 2 amide bonds. The van der Waals surface area contributed by atoms with Gasteiger partial charge in [0.15, 0.2) is 9.84 Å². The lowest BCUT2D eigenvalue weighted by atomic mass is 10.1. The summed E-state index contributed by atoms with van der Waals surface area (Å²) in [5.74, 6) is -2.04. The molecule has 1 aliphatic rings. The molecule has 0 bridgehead atoms. The molecule has 0 saturated carbocycles. The van der Waals surface area contributed by atoms with E-state index >= 15 is 0 Å². The first-order valence-electron chi connectivity index (χ1n) is 11.1. The number of fused-ring (bicyclic) bond motifs is 1. The van der Waals surface area contributed by atoms with E-state index in [4.69, 9.17) is 0 Å². The summed E-state index contributed by atoms with van der Waals surface area (Å²) in [5, 5.41) is 2.59. The van der Waals surface area contributed by atoms with Crippen LogP contribution in [0.3, 0.4) is 0 Å². The van der Waals surface area contributed by atoms with E-state index in [0.717, 1.165) is 37.5 Å². The number of rotatable bonds is 6. The highest BCUT2D eigenvalue weighted by Crippen LogP contribution is 2.31. The average molecular weight is 508 g/mol. The molecule has 7 nitrogen and oxygen atoms in total. The molecule has 1 aliphatic heterocycles. The van der Waals surface area contributed by atoms with E-state index in [0.29, 0.717) is 24.0 Å². The summed E-state index contributed by atoms with van der Waals surface area (Å²) in [7, 11) is -4.16. The van der Waals surface area contributed by atoms with Gasteiger partial charge in [-0.3, -0.25) is 9.59 Å². The molecule has 4 rings (SSSR count). The van der Waals surface area contributed by atoms with Crippen LogP contribution in [0.5, 0.6) is 0 Å². The van der Waals surface area contributed by atoms with Crippen LogP contribution >= 0.6 is 0 Å². The van der Waals surface area contributed by atoms with Crippen LogP contribution in [0, 0.1) is 0 Å². The summed E-state index contributed by atoms with van der Waals surface area (Å²) in [6.07, 6.45) is -0.321. The van der Waals surface area contributed by atoms with E-state index in [1.54, 1.807) is 33.7 Å². The Bertz CT molecular complexity index is 1360. The lowest BCUT2D eigenvalue weighted by Crippen LogP contribution is -2.37. The highest BCUT2D eigenvalue weighted by molar-refractivity contribution is 7.92. The van der Waals surface area contributed by atoms with Crippen molar-refractivity contribution in [1.29, 1.82) is 0 Å². The molecule has 35 heavy (non-hydrogen) atoms. The van der Waals surface area contributed by atoms with Crippen LogP contribution in [0.4, 0.5) is 18.9 Å². The van der Waals surface area contributed by atoms with Crippen LogP contribution in [0.1, 0.15) is 24.8 Å². The maximum atomic E-state index is 13.1. The van der Waals surface area contributed by atoms with Crippen LogP contribution in [0.25, 0.3) is 10.9 Å². The van der Waals surface area contributed by atoms with Crippen molar-refractivity contribution in [3.05, 3.63) is 60.3 Å². The number of para-hydroxylation sites is 1. The molecule has 0 spiro atoms. The van der Waals surface area contributed by atoms with Gasteiger partial charge in [-0.25, -0.2) is 8.42 Å². The summed E-state index contributed by atoms with van der Waals surface area (Å²) < 4.78 is 66.6. The van der Waals surface area contributed by atoms with E-state index < -0.39 is 33.2 Å². The van der Waals surface area contributed by atoms with Gasteiger partial charge in [0.2, 0.25) is 11.8 Å². The number of alkyl halides is 3. The summed E-state index contributed by atoms with van der Waals surface area (Å²) >= 11 is 0. The first kappa shape index (κ1) is 24.8. The van der Waals surface area contributed by atoms with Crippen LogP contribution in [-0.4, -0.2) is 48.5 Å². The second-order valence-corrected chi connectivity index (χ2v) is 10.4. The Hall–Kier alpha value is -3.34. The smallest absolute Gasteiger partial charge is 0.341 e. The third kappa shape index (κ3) is 5.67. The number of nitrogens with one attached hydrogen (secondary N) is 1. The average Bonchev–Trinajstić information content (AvgIpc) is 3.18. The fraction of sp³-hybridized carbons (Fsp3) is 0.333. The number of carbonyl (C=O) groups excluding carboxylic acids is 2. The number of aromatic nitrogens is 1. The molecule has 186 valence electrons. The Morgan fingerprint density at radius 3 is 2.40 bits per heavy atom. The van der Waals surface area contributed by atoms with Crippen molar-refractivity contribution in [1.82, 2.24) is 9.47 Å². The maximum absolute atomic E-state index is 13.1. The van der Waals surface area contributed by atoms with Crippen molar-refractivity contribution in [3.8, 4) is 0 Å². The Balaban J connectivity index is 1.55. The molecule has 1 saturated heterocycles. The molecule has 1 aromatic heterocycles. The zero-order valence-corrected chi connectivity index (χ0v) is 19.5. The van der Waals surface area contributed by atoms with Crippen molar-refractivity contribution in [2.45, 2.75) is 36.9 Å². The van der Waals surface area contributed by atoms with E-state index in [1.807, 2.05) is 0 Å². The van der Waals surface area contributed by atoms with Gasteiger partial charge in [-0.15, -0.1) is 0 Å². The Labute approximate surface area is 200 Å². The number of nitrogens with zero attached hydrogens (tertiary/aromatic N) is 2. The van der Waals surface area contributed by atoms with Gasteiger partial charge in [0.25, 0.3) is 0 Å². The number of piperidine rings is 1. The highest BCUT2D eigenvalue weighted by Gasteiger charge is 2.31. The third-order valence-corrected chi connectivity index (χ3v) is 7.53. The fourth-order valence-corrected chi connectivity index (χ4v) is 5.57. The number of amides is 2. The normalized spacial score (nSPS) is 14.8. The number of hydrogen-bond donors (Lipinski definition) is 1. The molecular weight excluding hydrogens is 483 g/mol. The third-order valence-electron chi connectivity index (χ3n) is 5.90. The maximum Gasteiger partial charge on any atom is 0.416 e. The van der Waals surface area contributed by atoms with E-state index in [-0.39, 0.29) is 23.0 Å². The number of carbonyl (C=O) groups is 2. The molecule has 2 heterocycles. The summed E-state index contributed by atoms with van der Waals surface area (Å²) in [6.45, 7) is 1.30. The summed E-state index contributed by atoms with van der Waals surface area (Å²) in [4.78, 5) is 26.9. The number of hydrogen-bond acceptors (Lipinski definition) is 4. The van der Waals surface area contributed by atoms with Gasteiger partial charge in [0.05, 0.1) is 10.5 Å². The number of benzene rings is 2. The van der Waals surface area contributed by atoms with Crippen molar-refractivity contribution < 1.29 is 31.2 Å². The molecule has 3 aromatic rings. The Morgan fingerprint density at radius 2 is 1.69 bits per heavy atom. The highest BCUT2D eigenvalue weighted by atomic mass is 32.2. The number of anilines is 1. The molecule has 0 aliphatic carbocycles. The van der Waals surface area contributed by atoms with Gasteiger partial charge in [-0.05, 0) is 43.5 Å². The van der Waals surface area contributed by atoms with Crippen LogP contribution in [0.15, 0.2) is 59.6 Å². The van der Waals surface area contributed by atoms with Gasteiger partial charge in [-0.2, -0.15) is 13.2 Å². The second-order valence-electron chi connectivity index (χ2n) is 8.47. The monoisotopic (exact) mass is 507 g/mol. The van der Waals surface area contributed by atoms with Crippen molar-refractivity contribution >= 4 is 38.2 Å². The van der Waals surface area contributed by atoms with Gasteiger partial charge in [-0.1, -0.05) is 24.3 Å². The van der Waals surface area contributed by atoms with E-state index in [9.17, 15) is 31.2 Å². The largest absolute Gasteiger partial charge is 0.416 e. The van der Waals surface area contributed by atoms with Crippen molar-refractivity contribution in [2.24, 2.45) is 0 Å². The first-order valence-corrected chi connectivity index (χ1v) is 12.8. The molecule has 1 N–H and O–H groups in total. The number of sulfone groups is 1. The SMILES string of the molecule is O=C(CS(=O)(=O)c1cn(CC(=O)N2CCCCC2)c2ccccc12)Nc1cccc(C(F)(F)F)c1. The number of halogens is 3. The van der Waals surface area contributed by atoms with Crippen LogP contribution < -0.4 is 5.32 Å². The molecule has 11 heteroatoms. The lowest BCUT2D eigenvalue weighted by Gasteiger charge is -2.27. The minimum absolute atomic E-state index is 0.0353. The molecule has 0 radical (unpaired) electrons. The standard InChI is InChI=1S/C24H24F3N3O4S/c25-24(26,27)17-7-6-8-18(13-17)28-22(31)16-35(33,34)21-14-30(20-10-3-2-9-19(20)21)15-23(32)29-11-4-1-5-12-29/h2-3,6-10,13-14H,1,4-5,11-12,15-16H2,(H,28,31).